The molecule has 1 aromatic rings. The smallest absolute Gasteiger partial charge is 0.265 e. The van der Waals surface area contributed by atoms with E-state index in [4.69, 9.17) is 22.3 Å². The van der Waals surface area contributed by atoms with Gasteiger partial charge in [-0.25, -0.2) is 0 Å². The molecule has 0 aromatic carbocycles. The van der Waals surface area contributed by atoms with Gasteiger partial charge in [0.05, 0.1) is 12.6 Å². The molecular formula is C11H18Cl2NOS+. The van der Waals surface area contributed by atoms with Crippen LogP contribution in [-0.2, 0) is 6.54 Å². The zero-order chi connectivity index (χ0) is 12.0. The highest BCUT2D eigenvalue weighted by atomic mass is 35.7. The molecule has 1 rings (SSSR count). The Morgan fingerprint density at radius 1 is 1.25 bits per heavy atom. The highest BCUT2D eigenvalue weighted by molar-refractivity contribution is 7.60. The van der Waals surface area contributed by atoms with Crippen LogP contribution in [0.25, 0.3) is 0 Å². The van der Waals surface area contributed by atoms with E-state index in [0.29, 0.717) is 4.34 Å². The van der Waals surface area contributed by atoms with Crippen molar-refractivity contribution in [2.45, 2.75) is 52.0 Å². The minimum Gasteiger partial charge on any atom is -0.265 e. The molecule has 0 radical (unpaired) electrons. The average Bonchev–Trinajstić information content (AvgIpc) is 2.49. The van der Waals surface area contributed by atoms with E-state index in [1.54, 1.807) is 3.96 Å². The van der Waals surface area contributed by atoms with Crippen LogP contribution in [0.1, 0.15) is 45.4 Å². The quantitative estimate of drug-likeness (QED) is 0.529. The van der Waals surface area contributed by atoms with E-state index in [9.17, 15) is 4.79 Å². The lowest BCUT2D eigenvalue weighted by Gasteiger charge is -1.98. The van der Waals surface area contributed by atoms with E-state index in [0.717, 1.165) is 19.4 Å². The summed E-state index contributed by atoms with van der Waals surface area (Å²) >= 11 is 5.81. The third kappa shape index (κ3) is 4.11. The highest BCUT2D eigenvalue weighted by Crippen LogP contribution is 2.31. The van der Waals surface area contributed by atoms with Gasteiger partial charge in [-0.1, -0.05) is 39.0 Å². The number of unbranched alkanes of at least 4 members (excludes halogenated alkanes) is 5. The van der Waals surface area contributed by atoms with Gasteiger partial charge in [-0.05, 0) is 18.0 Å². The van der Waals surface area contributed by atoms with E-state index in [1.807, 2.05) is 0 Å². The molecule has 0 aliphatic heterocycles. The number of hydrogen-bond acceptors (Lipinski definition) is 1. The first-order chi connectivity index (χ1) is 7.66. The minimum atomic E-state index is -0.712. The molecule has 5 heteroatoms. The van der Waals surface area contributed by atoms with Crippen LogP contribution in [0, 0.1) is 0 Å². The number of halogens is 2. The SMILES string of the molecule is CCCCCCCCn1c(=O)cc(Cl)[s+]1Cl. The van der Waals surface area contributed by atoms with Crippen molar-refractivity contribution < 1.29 is 0 Å². The average molecular weight is 283 g/mol. The molecule has 0 aliphatic carbocycles. The van der Waals surface area contributed by atoms with Gasteiger partial charge in [0.15, 0.2) is 0 Å². The maximum Gasteiger partial charge on any atom is 0.299 e. The fraction of sp³-hybridized carbons (Fsp3) is 0.727. The first-order valence-electron chi connectivity index (χ1n) is 5.76. The van der Waals surface area contributed by atoms with E-state index in [-0.39, 0.29) is 5.56 Å². The molecule has 1 heterocycles. The van der Waals surface area contributed by atoms with Crippen molar-refractivity contribution >= 4 is 32.2 Å². The van der Waals surface area contributed by atoms with E-state index < -0.39 is 9.88 Å². The molecule has 16 heavy (non-hydrogen) atoms. The first kappa shape index (κ1) is 14.1. The normalized spacial score (nSPS) is 12.1. The zero-order valence-electron chi connectivity index (χ0n) is 9.55. The first-order valence-corrected chi connectivity index (χ1v) is 8.14. The minimum absolute atomic E-state index is 0.0445. The lowest BCUT2D eigenvalue weighted by molar-refractivity contribution is 0.568. The Bertz CT molecular complexity index is 373. The second-order valence-electron chi connectivity index (χ2n) is 3.89. The topological polar surface area (TPSA) is 22.0 Å². The summed E-state index contributed by atoms with van der Waals surface area (Å²) < 4.78 is 2.13. The van der Waals surface area contributed by atoms with Crippen molar-refractivity contribution in [2.24, 2.45) is 0 Å². The van der Waals surface area contributed by atoms with E-state index >= 15 is 0 Å². The van der Waals surface area contributed by atoms with Crippen LogP contribution < -0.4 is 5.56 Å². The molecule has 0 aliphatic rings. The summed E-state index contributed by atoms with van der Waals surface area (Å²) in [5.41, 5.74) is -0.0445. The fourth-order valence-corrected chi connectivity index (χ4v) is 3.42. The third-order valence-electron chi connectivity index (χ3n) is 2.55. The summed E-state index contributed by atoms with van der Waals surface area (Å²) in [6.45, 7) is 2.93. The molecule has 1 aromatic heterocycles. The van der Waals surface area contributed by atoms with Gasteiger partial charge in [-0.15, -0.1) is 3.96 Å². The van der Waals surface area contributed by atoms with E-state index in [2.05, 4.69) is 6.92 Å². The maximum atomic E-state index is 11.4. The molecule has 92 valence electrons. The van der Waals surface area contributed by atoms with Crippen molar-refractivity contribution in [2.75, 3.05) is 0 Å². The van der Waals surface area contributed by atoms with Crippen molar-refractivity contribution in [3.05, 3.63) is 20.8 Å². The molecule has 0 saturated heterocycles. The van der Waals surface area contributed by atoms with Gasteiger partial charge in [0.1, 0.15) is 0 Å². The van der Waals surface area contributed by atoms with Crippen LogP contribution in [0.4, 0.5) is 0 Å². The summed E-state index contributed by atoms with van der Waals surface area (Å²) in [7, 11) is 5.31. The Kier molecular flexibility index (Phi) is 6.47. The van der Waals surface area contributed by atoms with Crippen molar-refractivity contribution in [1.82, 2.24) is 3.96 Å². The van der Waals surface area contributed by atoms with Crippen molar-refractivity contribution in [1.29, 1.82) is 0 Å². The molecular weight excluding hydrogens is 265 g/mol. The van der Waals surface area contributed by atoms with Crippen LogP contribution in [-0.4, -0.2) is 3.96 Å². The van der Waals surface area contributed by atoms with Crippen LogP contribution in [0.15, 0.2) is 10.9 Å². The predicted octanol–water partition coefficient (Wildman–Crippen LogP) is 4.61. The lowest BCUT2D eigenvalue weighted by atomic mass is 10.1. The molecule has 0 bridgehead atoms. The Balaban J connectivity index is 2.29. The highest BCUT2D eigenvalue weighted by Gasteiger charge is 2.19. The zero-order valence-corrected chi connectivity index (χ0v) is 11.9. The Hall–Kier alpha value is 0.01000. The van der Waals surface area contributed by atoms with Crippen LogP contribution in [0.5, 0.6) is 0 Å². The van der Waals surface area contributed by atoms with Crippen molar-refractivity contribution in [3.8, 4) is 0 Å². The summed E-state index contributed by atoms with van der Waals surface area (Å²) in [5, 5.41) is 0. The number of aromatic nitrogens is 1. The van der Waals surface area contributed by atoms with Gasteiger partial charge in [0.25, 0.3) is 9.90 Å². The Morgan fingerprint density at radius 2 is 1.88 bits per heavy atom. The second kappa shape index (κ2) is 7.36. The number of nitrogens with zero attached hydrogens (tertiary/aromatic N) is 1. The van der Waals surface area contributed by atoms with Crippen LogP contribution in [0.3, 0.4) is 0 Å². The standard InChI is InChI=1S/C11H18Cl2NOS/c1-2-3-4-5-6-7-8-14-11(15)9-10(12)16(14)13/h9H,2-8H2,1H3/q+1. The predicted molar refractivity (Wildman–Crippen MR) is 72.8 cm³/mol. The summed E-state index contributed by atoms with van der Waals surface area (Å²) in [4.78, 5) is 11.4. The second-order valence-corrected chi connectivity index (χ2v) is 6.76. The van der Waals surface area contributed by atoms with Crippen LogP contribution >= 0.6 is 32.2 Å². The maximum absolute atomic E-state index is 11.4. The number of hydrogen-bond donors (Lipinski definition) is 0. The molecule has 0 saturated carbocycles. The van der Waals surface area contributed by atoms with Gasteiger partial charge in [-0.3, -0.25) is 4.79 Å². The molecule has 0 spiro atoms. The van der Waals surface area contributed by atoms with Gasteiger partial charge in [0.2, 0.25) is 20.6 Å². The van der Waals surface area contributed by atoms with Gasteiger partial charge >= 0.3 is 0 Å². The Labute approximate surface area is 109 Å². The largest absolute Gasteiger partial charge is 0.299 e. The fourth-order valence-electron chi connectivity index (χ4n) is 1.63. The summed E-state index contributed by atoms with van der Waals surface area (Å²) in [5.74, 6) is 0. The third-order valence-corrected chi connectivity index (χ3v) is 5.52. The molecule has 0 fully saturated rings. The van der Waals surface area contributed by atoms with E-state index in [1.165, 1.54) is 31.7 Å². The summed E-state index contributed by atoms with van der Waals surface area (Å²) in [6, 6.07) is 1.43. The number of rotatable bonds is 7. The molecule has 0 amide bonds. The molecule has 0 N–H and O–H groups in total. The van der Waals surface area contributed by atoms with Gasteiger partial charge in [0, 0.05) is 0 Å². The molecule has 1 unspecified atom stereocenters. The Morgan fingerprint density at radius 3 is 2.44 bits per heavy atom. The summed E-state index contributed by atoms with van der Waals surface area (Å²) in [6.07, 6.45) is 7.27. The molecule has 2 nitrogen and oxygen atoms in total. The van der Waals surface area contributed by atoms with Gasteiger partial charge in [-0.2, -0.15) is 0 Å². The molecule has 1 atom stereocenters. The monoisotopic (exact) mass is 282 g/mol. The van der Waals surface area contributed by atoms with Gasteiger partial charge < -0.3 is 0 Å². The van der Waals surface area contributed by atoms with Crippen LogP contribution in [0.2, 0.25) is 4.34 Å². The lowest BCUT2D eigenvalue weighted by Crippen LogP contribution is -2.12. The van der Waals surface area contributed by atoms with Crippen molar-refractivity contribution in [3.63, 3.8) is 0 Å².